The summed E-state index contributed by atoms with van der Waals surface area (Å²) in [4.78, 5) is 11.7. The van der Waals surface area contributed by atoms with E-state index in [0.29, 0.717) is 5.75 Å². The molecular weight excluding hydrogens is 276 g/mol. The summed E-state index contributed by atoms with van der Waals surface area (Å²) in [5.74, 6) is 0.424. The van der Waals surface area contributed by atoms with Gasteiger partial charge in [-0.15, -0.1) is 0 Å². The number of hydrazone groups is 1. The molecule has 2 aromatic carbocycles. The van der Waals surface area contributed by atoms with Crippen LogP contribution in [0.5, 0.6) is 5.75 Å². The first-order chi connectivity index (χ1) is 10.6. The third kappa shape index (κ3) is 4.45. The standard InChI is InChI=1S/C18H20N2O2/c1-13-8-9-17(15(3)10-13)22-12-18(21)20-19-11-16-7-5-4-6-14(16)2/h4-11H,12H2,1-3H3,(H,20,21)/b19-11-. The highest BCUT2D eigenvalue weighted by Crippen LogP contribution is 2.18. The van der Waals surface area contributed by atoms with Gasteiger partial charge in [0.15, 0.2) is 6.61 Å². The molecule has 1 amide bonds. The highest BCUT2D eigenvalue weighted by atomic mass is 16.5. The summed E-state index contributed by atoms with van der Waals surface area (Å²) in [6.07, 6.45) is 1.63. The number of hydrogen-bond donors (Lipinski definition) is 1. The van der Waals surface area contributed by atoms with Gasteiger partial charge >= 0.3 is 0 Å². The van der Waals surface area contributed by atoms with E-state index in [9.17, 15) is 4.79 Å². The van der Waals surface area contributed by atoms with Gasteiger partial charge in [-0.25, -0.2) is 5.43 Å². The summed E-state index contributed by atoms with van der Waals surface area (Å²) >= 11 is 0. The first-order valence-electron chi connectivity index (χ1n) is 7.14. The summed E-state index contributed by atoms with van der Waals surface area (Å²) in [6.45, 7) is 5.90. The summed E-state index contributed by atoms with van der Waals surface area (Å²) in [7, 11) is 0. The number of carbonyl (C=O) groups excluding carboxylic acids is 1. The van der Waals surface area contributed by atoms with Gasteiger partial charge in [-0.1, -0.05) is 42.0 Å². The van der Waals surface area contributed by atoms with Gasteiger partial charge in [-0.05, 0) is 43.5 Å². The lowest BCUT2D eigenvalue weighted by Gasteiger charge is -2.08. The molecule has 22 heavy (non-hydrogen) atoms. The van der Waals surface area contributed by atoms with E-state index in [1.807, 2.05) is 63.2 Å². The predicted octanol–water partition coefficient (Wildman–Crippen LogP) is 3.14. The number of benzene rings is 2. The zero-order valence-electron chi connectivity index (χ0n) is 13.1. The highest BCUT2D eigenvalue weighted by Gasteiger charge is 2.04. The molecule has 4 nitrogen and oxygen atoms in total. The van der Waals surface area contributed by atoms with Crippen LogP contribution in [0.3, 0.4) is 0 Å². The minimum Gasteiger partial charge on any atom is -0.483 e. The minimum atomic E-state index is -0.287. The predicted molar refractivity (Wildman–Crippen MR) is 88.3 cm³/mol. The van der Waals surface area contributed by atoms with Crippen molar-refractivity contribution < 1.29 is 9.53 Å². The number of nitrogens with one attached hydrogen (secondary N) is 1. The van der Waals surface area contributed by atoms with Crippen molar-refractivity contribution in [1.29, 1.82) is 0 Å². The van der Waals surface area contributed by atoms with Crippen molar-refractivity contribution in [1.82, 2.24) is 5.43 Å². The zero-order chi connectivity index (χ0) is 15.9. The molecule has 0 aromatic heterocycles. The molecule has 0 bridgehead atoms. The lowest BCUT2D eigenvalue weighted by atomic mass is 10.1. The molecule has 114 valence electrons. The Morgan fingerprint density at radius 3 is 2.64 bits per heavy atom. The molecule has 2 aromatic rings. The molecule has 0 aliphatic rings. The molecule has 0 fully saturated rings. The Morgan fingerprint density at radius 1 is 1.14 bits per heavy atom. The van der Waals surface area contributed by atoms with E-state index in [2.05, 4.69) is 10.5 Å². The molecule has 0 unspecified atom stereocenters. The van der Waals surface area contributed by atoms with Crippen LogP contribution in [0, 0.1) is 20.8 Å². The molecule has 2 rings (SSSR count). The molecule has 0 saturated carbocycles. The normalized spacial score (nSPS) is 10.7. The van der Waals surface area contributed by atoms with Crippen molar-refractivity contribution in [2.75, 3.05) is 6.61 Å². The van der Waals surface area contributed by atoms with E-state index < -0.39 is 0 Å². The number of ether oxygens (including phenoxy) is 1. The van der Waals surface area contributed by atoms with Crippen LogP contribution in [0.25, 0.3) is 0 Å². The van der Waals surface area contributed by atoms with Gasteiger partial charge in [0.2, 0.25) is 0 Å². The molecule has 0 spiro atoms. The van der Waals surface area contributed by atoms with Crippen molar-refractivity contribution in [3.8, 4) is 5.75 Å². The third-order valence-electron chi connectivity index (χ3n) is 3.27. The summed E-state index contributed by atoms with van der Waals surface area (Å²) in [5.41, 5.74) is 6.71. The average Bonchev–Trinajstić information content (AvgIpc) is 2.48. The first kappa shape index (κ1) is 15.8. The maximum Gasteiger partial charge on any atom is 0.277 e. The Balaban J connectivity index is 1.84. The Labute approximate surface area is 130 Å². The van der Waals surface area contributed by atoms with Crippen molar-refractivity contribution in [2.24, 2.45) is 5.10 Å². The summed E-state index contributed by atoms with van der Waals surface area (Å²) in [6, 6.07) is 13.7. The van der Waals surface area contributed by atoms with Crippen LogP contribution in [-0.4, -0.2) is 18.7 Å². The minimum absolute atomic E-state index is 0.0605. The molecular formula is C18H20N2O2. The van der Waals surface area contributed by atoms with Gasteiger partial charge in [0.25, 0.3) is 5.91 Å². The second kappa shape index (κ2) is 7.41. The van der Waals surface area contributed by atoms with E-state index in [4.69, 9.17) is 4.74 Å². The molecule has 0 radical (unpaired) electrons. The van der Waals surface area contributed by atoms with Crippen LogP contribution in [0.15, 0.2) is 47.6 Å². The lowest BCUT2D eigenvalue weighted by Crippen LogP contribution is -2.24. The van der Waals surface area contributed by atoms with E-state index in [1.54, 1.807) is 6.21 Å². The van der Waals surface area contributed by atoms with Crippen LogP contribution >= 0.6 is 0 Å². The molecule has 0 aliphatic carbocycles. The molecule has 0 heterocycles. The van der Waals surface area contributed by atoms with Gasteiger partial charge < -0.3 is 4.74 Å². The fourth-order valence-electron chi connectivity index (χ4n) is 2.04. The maximum atomic E-state index is 11.7. The van der Waals surface area contributed by atoms with Crippen molar-refractivity contribution >= 4 is 12.1 Å². The summed E-state index contributed by atoms with van der Waals surface area (Å²) in [5, 5.41) is 3.95. The van der Waals surface area contributed by atoms with Crippen LogP contribution in [-0.2, 0) is 4.79 Å². The van der Waals surface area contributed by atoms with Gasteiger partial charge in [0.1, 0.15) is 5.75 Å². The van der Waals surface area contributed by atoms with Crippen LogP contribution in [0.4, 0.5) is 0 Å². The number of carbonyl (C=O) groups is 1. The smallest absolute Gasteiger partial charge is 0.277 e. The number of hydrogen-bond acceptors (Lipinski definition) is 3. The average molecular weight is 296 g/mol. The molecule has 0 aliphatic heterocycles. The molecule has 0 saturated heterocycles. The maximum absolute atomic E-state index is 11.7. The second-order valence-corrected chi connectivity index (χ2v) is 5.21. The molecule has 1 N–H and O–H groups in total. The zero-order valence-corrected chi connectivity index (χ0v) is 13.1. The number of aryl methyl sites for hydroxylation is 3. The Morgan fingerprint density at radius 2 is 1.91 bits per heavy atom. The van der Waals surface area contributed by atoms with E-state index in [0.717, 1.165) is 22.3 Å². The Hall–Kier alpha value is -2.62. The number of amides is 1. The number of nitrogens with zero attached hydrogens (tertiary/aromatic N) is 1. The Bertz CT molecular complexity index is 693. The lowest BCUT2D eigenvalue weighted by molar-refractivity contribution is -0.123. The fraction of sp³-hybridized carbons (Fsp3) is 0.222. The van der Waals surface area contributed by atoms with Crippen LogP contribution in [0.1, 0.15) is 22.3 Å². The van der Waals surface area contributed by atoms with E-state index >= 15 is 0 Å². The van der Waals surface area contributed by atoms with E-state index in [1.165, 1.54) is 0 Å². The van der Waals surface area contributed by atoms with Crippen molar-refractivity contribution in [2.45, 2.75) is 20.8 Å². The van der Waals surface area contributed by atoms with Crippen molar-refractivity contribution in [3.05, 3.63) is 64.7 Å². The molecule has 0 atom stereocenters. The SMILES string of the molecule is Cc1ccc(OCC(=O)N/N=C\c2ccccc2C)c(C)c1. The van der Waals surface area contributed by atoms with Gasteiger partial charge in [0.05, 0.1) is 6.21 Å². The first-order valence-corrected chi connectivity index (χ1v) is 7.14. The summed E-state index contributed by atoms with van der Waals surface area (Å²) < 4.78 is 5.49. The van der Waals surface area contributed by atoms with Crippen molar-refractivity contribution in [3.63, 3.8) is 0 Å². The van der Waals surface area contributed by atoms with Gasteiger partial charge in [-0.2, -0.15) is 5.10 Å². The fourth-order valence-corrected chi connectivity index (χ4v) is 2.04. The van der Waals surface area contributed by atoms with Crippen LogP contribution in [0.2, 0.25) is 0 Å². The Kier molecular flexibility index (Phi) is 5.31. The second-order valence-electron chi connectivity index (χ2n) is 5.21. The van der Waals surface area contributed by atoms with Crippen LogP contribution < -0.4 is 10.2 Å². The quantitative estimate of drug-likeness (QED) is 0.680. The monoisotopic (exact) mass is 296 g/mol. The molecule has 4 heteroatoms. The van der Waals surface area contributed by atoms with Gasteiger partial charge in [-0.3, -0.25) is 4.79 Å². The number of rotatable bonds is 5. The van der Waals surface area contributed by atoms with E-state index in [-0.39, 0.29) is 12.5 Å². The van der Waals surface area contributed by atoms with Gasteiger partial charge in [0, 0.05) is 0 Å². The third-order valence-corrected chi connectivity index (χ3v) is 3.27. The topological polar surface area (TPSA) is 50.7 Å². The highest BCUT2D eigenvalue weighted by molar-refractivity contribution is 5.84. The largest absolute Gasteiger partial charge is 0.483 e.